The molecule has 2 saturated carbocycles. The molecule has 0 amide bonds. The standard InChI is InChI=1S/C18H21N7O/c26-15-8-7-14(11-1-2-11)24-25(15)13-5-3-12(4-6-13)23-18-16-17(20-9-19-16)21-10-22-18/h7-13H,1-6H2,(H2,19,20,21,22,23). The van der Waals surface area contributed by atoms with Crippen LogP contribution in [0.3, 0.4) is 0 Å². The van der Waals surface area contributed by atoms with Crippen molar-refractivity contribution >= 4 is 17.0 Å². The van der Waals surface area contributed by atoms with Crippen LogP contribution in [-0.4, -0.2) is 35.8 Å². The van der Waals surface area contributed by atoms with Gasteiger partial charge in [-0.05, 0) is 44.6 Å². The van der Waals surface area contributed by atoms with E-state index in [0.717, 1.165) is 42.7 Å². The molecule has 3 heterocycles. The predicted octanol–water partition coefficient (Wildman–Crippen LogP) is 2.38. The van der Waals surface area contributed by atoms with Crippen LogP contribution < -0.4 is 10.9 Å². The molecule has 134 valence electrons. The summed E-state index contributed by atoms with van der Waals surface area (Å²) < 4.78 is 1.72. The number of imidazole rings is 1. The number of rotatable bonds is 4. The number of fused-ring (bicyclic) bond motifs is 1. The molecule has 0 saturated heterocycles. The maximum absolute atomic E-state index is 12.3. The normalized spacial score (nSPS) is 23.2. The molecule has 0 aliphatic heterocycles. The molecule has 3 aromatic heterocycles. The molecule has 2 fully saturated rings. The summed E-state index contributed by atoms with van der Waals surface area (Å²) in [7, 11) is 0. The summed E-state index contributed by atoms with van der Waals surface area (Å²) in [4.78, 5) is 28.0. The van der Waals surface area contributed by atoms with Gasteiger partial charge >= 0.3 is 0 Å². The Kier molecular flexibility index (Phi) is 3.69. The lowest BCUT2D eigenvalue weighted by Gasteiger charge is -2.30. The predicted molar refractivity (Wildman–Crippen MR) is 97.1 cm³/mol. The maximum atomic E-state index is 12.3. The second kappa shape index (κ2) is 6.19. The van der Waals surface area contributed by atoms with E-state index in [1.54, 1.807) is 17.1 Å². The third kappa shape index (κ3) is 2.85. The van der Waals surface area contributed by atoms with Gasteiger partial charge in [0.05, 0.1) is 18.1 Å². The van der Waals surface area contributed by atoms with E-state index in [0.29, 0.717) is 17.6 Å². The third-order valence-electron chi connectivity index (χ3n) is 5.45. The Balaban J connectivity index is 1.28. The Morgan fingerprint density at radius 2 is 1.88 bits per heavy atom. The number of nitrogens with zero attached hydrogens (tertiary/aromatic N) is 5. The van der Waals surface area contributed by atoms with Crippen molar-refractivity contribution in [1.82, 2.24) is 29.7 Å². The zero-order valence-electron chi connectivity index (χ0n) is 14.4. The highest BCUT2D eigenvalue weighted by Gasteiger charge is 2.28. The van der Waals surface area contributed by atoms with Crippen LogP contribution in [0.5, 0.6) is 0 Å². The first-order valence-corrected chi connectivity index (χ1v) is 9.28. The van der Waals surface area contributed by atoms with Gasteiger partial charge in [-0.2, -0.15) is 5.10 Å². The molecule has 0 spiro atoms. The van der Waals surface area contributed by atoms with Crippen molar-refractivity contribution in [2.45, 2.75) is 56.5 Å². The lowest BCUT2D eigenvalue weighted by Crippen LogP contribution is -2.33. The minimum Gasteiger partial charge on any atom is -0.365 e. The largest absolute Gasteiger partial charge is 0.365 e. The van der Waals surface area contributed by atoms with E-state index >= 15 is 0 Å². The first kappa shape index (κ1) is 15.5. The van der Waals surface area contributed by atoms with Crippen molar-refractivity contribution in [3.8, 4) is 0 Å². The van der Waals surface area contributed by atoms with Crippen LogP contribution in [0.1, 0.15) is 56.2 Å². The Labute approximate surface area is 150 Å². The average molecular weight is 351 g/mol. The number of aromatic amines is 1. The molecule has 0 atom stereocenters. The van der Waals surface area contributed by atoms with Gasteiger partial charge in [0.25, 0.3) is 5.56 Å². The highest BCUT2D eigenvalue weighted by molar-refractivity contribution is 5.82. The van der Waals surface area contributed by atoms with Crippen LogP contribution in [0, 0.1) is 0 Å². The topological polar surface area (TPSA) is 101 Å². The van der Waals surface area contributed by atoms with Crippen LogP contribution in [0.15, 0.2) is 29.6 Å². The molecule has 2 N–H and O–H groups in total. The fourth-order valence-electron chi connectivity index (χ4n) is 3.83. The van der Waals surface area contributed by atoms with E-state index in [2.05, 4.69) is 30.4 Å². The SMILES string of the molecule is O=c1ccc(C2CC2)nn1C1CCC(Nc2ncnc3nc[nH]c23)CC1. The minimum atomic E-state index is 0.0146. The molecule has 8 heteroatoms. The highest BCUT2D eigenvalue weighted by Crippen LogP contribution is 2.38. The minimum absolute atomic E-state index is 0.0146. The molecule has 26 heavy (non-hydrogen) atoms. The van der Waals surface area contributed by atoms with E-state index in [9.17, 15) is 4.79 Å². The van der Waals surface area contributed by atoms with Crippen molar-refractivity contribution in [2.24, 2.45) is 0 Å². The number of hydrogen-bond acceptors (Lipinski definition) is 6. The van der Waals surface area contributed by atoms with Crippen molar-refractivity contribution < 1.29 is 0 Å². The Bertz CT molecular complexity index is 982. The summed E-state index contributed by atoms with van der Waals surface area (Å²) in [6.45, 7) is 0. The summed E-state index contributed by atoms with van der Waals surface area (Å²) in [6.07, 6.45) is 9.39. The molecule has 0 radical (unpaired) electrons. The van der Waals surface area contributed by atoms with Gasteiger partial charge in [0.15, 0.2) is 11.5 Å². The van der Waals surface area contributed by atoms with Gasteiger partial charge < -0.3 is 10.3 Å². The van der Waals surface area contributed by atoms with Gasteiger partial charge in [0, 0.05) is 18.0 Å². The number of H-pyrrole nitrogens is 1. The number of aromatic nitrogens is 6. The summed E-state index contributed by atoms with van der Waals surface area (Å²) in [5.74, 6) is 1.36. The Morgan fingerprint density at radius 3 is 2.69 bits per heavy atom. The van der Waals surface area contributed by atoms with Crippen LogP contribution in [0.4, 0.5) is 5.82 Å². The number of anilines is 1. The molecule has 3 aromatic rings. The maximum Gasteiger partial charge on any atom is 0.267 e. The summed E-state index contributed by atoms with van der Waals surface area (Å²) in [5, 5.41) is 8.16. The lowest BCUT2D eigenvalue weighted by atomic mass is 9.91. The van der Waals surface area contributed by atoms with Gasteiger partial charge in [0.2, 0.25) is 0 Å². The quantitative estimate of drug-likeness (QED) is 0.748. The van der Waals surface area contributed by atoms with Crippen LogP contribution in [0.2, 0.25) is 0 Å². The molecule has 0 unspecified atom stereocenters. The van der Waals surface area contributed by atoms with Crippen molar-refractivity contribution in [2.75, 3.05) is 5.32 Å². The molecule has 2 aliphatic rings. The molecule has 5 rings (SSSR count). The van der Waals surface area contributed by atoms with E-state index in [-0.39, 0.29) is 11.6 Å². The number of hydrogen-bond donors (Lipinski definition) is 2. The lowest BCUT2D eigenvalue weighted by molar-refractivity contribution is 0.301. The van der Waals surface area contributed by atoms with E-state index in [4.69, 9.17) is 0 Å². The molecule has 0 bridgehead atoms. The molecule has 0 aromatic carbocycles. The fourth-order valence-corrected chi connectivity index (χ4v) is 3.83. The van der Waals surface area contributed by atoms with Gasteiger partial charge in [-0.3, -0.25) is 4.79 Å². The Morgan fingerprint density at radius 1 is 1.04 bits per heavy atom. The molecular formula is C18H21N7O. The fraction of sp³-hybridized carbons (Fsp3) is 0.500. The average Bonchev–Trinajstić information content (AvgIpc) is 3.40. The number of nitrogens with one attached hydrogen (secondary N) is 2. The zero-order chi connectivity index (χ0) is 17.5. The van der Waals surface area contributed by atoms with Crippen LogP contribution >= 0.6 is 0 Å². The summed E-state index contributed by atoms with van der Waals surface area (Å²) in [6, 6.07) is 4.10. The third-order valence-corrected chi connectivity index (χ3v) is 5.45. The summed E-state index contributed by atoms with van der Waals surface area (Å²) >= 11 is 0. The first-order chi connectivity index (χ1) is 12.8. The zero-order valence-corrected chi connectivity index (χ0v) is 14.4. The summed E-state index contributed by atoms with van der Waals surface area (Å²) in [5.41, 5.74) is 2.60. The van der Waals surface area contributed by atoms with Crippen LogP contribution in [-0.2, 0) is 0 Å². The van der Waals surface area contributed by atoms with Gasteiger partial charge in [-0.25, -0.2) is 19.6 Å². The van der Waals surface area contributed by atoms with E-state index in [1.807, 2.05) is 6.07 Å². The monoisotopic (exact) mass is 351 g/mol. The van der Waals surface area contributed by atoms with Crippen molar-refractivity contribution in [3.05, 3.63) is 40.8 Å². The second-order valence-corrected chi connectivity index (χ2v) is 7.29. The van der Waals surface area contributed by atoms with Gasteiger partial charge in [-0.15, -0.1) is 0 Å². The van der Waals surface area contributed by atoms with Crippen molar-refractivity contribution in [3.63, 3.8) is 0 Å². The van der Waals surface area contributed by atoms with Gasteiger partial charge in [-0.1, -0.05) is 0 Å². The molecule has 8 nitrogen and oxygen atoms in total. The van der Waals surface area contributed by atoms with E-state index in [1.165, 1.54) is 19.2 Å². The first-order valence-electron chi connectivity index (χ1n) is 9.28. The molecule has 2 aliphatic carbocycles. The second-order valence-electron chi connectivity index (χ2n) is 7.29. The highest BCUT2D eigenvalue weighted by atomic mass is 16.1. The smallest absolute Gasteiger partial charge is 0.267 e. The van der Waals surface area contributed by atoms with Crippen molar-refractivity contribution in [1.29, 1.82) is 0 Å². The van der Waals surface area contributed by atoms with Crippen LogP contribution in [0.25, 0.3) is 11.2 Å². The van der Waals surface area contributed by atoms with Gasteiger partial charge in [0.1, 0.15) is 11.8 Å². The van der Waals surface area contributed by atoms with E-state index < -0.39 is 0 Å². The molecular weight excluding hydrogens is 330 g/mol. The Hall–Kier alpha value is -2.77.